The molecule has 1 heterocycles. The van der Waals surface area contributed by atoms with Gasteiger partial charge in [-0.2, -0.15) is 0 Å². The van der Waals surface area contributed by atoms with Crippen LogP contribution in [0.5, 0.6) is 0 Å². The van der Waals surface area contributed by atoms with Crippen LogP contribution in [0.2, 0.25) is 5.02 Å². The third kappa shape index (κ3) is 3.34. The van der Waals surface area contributed by atoms with Gasteiger partial charge in [-0.25, -0.2) is 4.98 Å². The highest BCUT2D eigenvalue weighted by Gasteiger charge is 2.05. The fourth-order valence-electron chi connectivity index (χ4n) is 1.84. The Hall–Kier alpha value is -1.32. The minimum Gasteiger partial charge on any atom is -0.312 e. The molecular weight excluding hydrogens is 246 g/mol. The Balaban J connectivity index is 2.19. The molecule has 4 heteroatoms. The van der Waals surface area contributed by atoms with E-state index in [9.17, 15) is 0 Å². The van der Waals surface area contributed by atoms with Crippen molar-refractivity contribution < 1.29 is 0 Å². The zero-order valence-corrected chi connectivity index (χ0v) is 11.5. The topological polar surface area (TPSA) is 29.9 Å². The SMILES string of the molecule is CC(C)CNCc1cc(Cl)ccc1-n1ccnc1. The summed E-state index contributed by atoms with van der Waals surface area (Å²) in [4.78, 5) is 4.08. The lowest BCUT2D eigenvalue weighted by Gasteiger charge is -2.13. The summed E-state index contributed by atoms with van der Waals surface area (Å²) in [5, 5.41) is 4.20. The van der Waals surface area contributed by atoms with Crippen LogP contribution >= 0.6 is 11.6 Å². The van der Waals surface area contributed by atoms with Gasteiger partial charge in [0.2, 0.25) is 0 Å². The molecule has 0 fully saturated rings. The van der Waals surface area contributed by atoms with Gasteiger partial charge in [-0.3, -0.25) is 0 Å². The van der Waals surface area contributed by atoms with Crippen molar-refractivity contribution in [3.8, 4) is 5.69 Å². The van der Waals surface area contributed by atoms with Crippen LogP contribution in [0, 0.1) is 5.92 Å². The number of nitrogens with zero attached hydrogens (tertiary/aromatic N) is 2. The molecule has 0 aliphatic carbocycles. The highest BCUT2D eigenvalue weighted by molar-refractivity contribution is 6.30. The van der Waals surface area contributed by atoms with Crippen LogP contribution in [-0.2, 0) is 6.54 Å². The van der Waals surface area contributed by atoms with Crippen LogP contribution in [0.3, 0.4) is 0 Å². The molecule has 0 aliphatic heterocycles. The second-order valence-electron chi connectivity index (χ2n) is 4.77. The van der Waals surface area contributed by atoms with Gasteiger partial charge in [-0.15, -0.1) is 0 Å². The van der Waals surface area contributed by atoms with E-state index in [1.165, 1.54) is 5.56 Å². The Morgan fingerprint density at radius 2 is 2.22 bits per heavy atom. The Bertz CT molecular complexity index is 492. The van der Waals surface area contributed by atoms with Crippen molar-refractivity contribution in [2.75, 3.05) is 6.54 Å². The Morgan fingerprint density at radius 3 is 2.89 bits per heavy atom. The van der Waals surface area contributed by atoms with Crippen LogP contribution in [0.4, 0.5) is 0 Å². The summed E-state index contributed by atoms with van der Waals surface area (Å²) in [6, 6.07) is 5.93. The lowest BCUT2D eigenvalue weighted by molar-refractivity contribution is 0.551. The van der Waals surface area contributed by atoms with Gasteiger partial charge in [0.1, 0.15) is 0 Å². The van der Waals surface area contributed by atoms with Crippen molar-refractivity contribution in [1.29, 1.82) is 0 Å². The summed E-state index contributed by atoms with van der Waals surface area (Å²) < 4.78 is 2.00. The first-order chi connectivity index (χ1) is 8.66. The van der Waals surface area contributed by atoms with Crippen molar-refractivity contribution in [2.45, 2.75) is 20.4 Å². The van der Waals surface area contributed by atoms with E-state index in [1.54, 1.807) is 12.5 Å². The van der Waals surface area contributed by atoms with E-state index in [1.807, 2.05) is 29.0 Å². The molecule has 0 unspecified atom stereocenters. The normalized spacial score (nSPS) is 11.1. The predicted molar refractivity (Wildman–Crippen MR) is 75.1 cm³/mol. The molecule has 1 aromatic heterocycles. The number of rotatable bonds is 5. The van der Waals surface area contributed by atoms with Crippen molar-refractivity contribution in [1.82, 2.24) is 14.9 Å². The number of hydrogen-bond donors (Lipinski definition) is 1. The molecule has 2 aromatic rings. The van der Waals surface area contributed by atoms with Crippen LogP contribution < -0.4 is 5.32 Å². The van der Waals surface area contributed by atoms with Crippen LogP contribution in [-0.4, -0.2) is 16.1 Å². The number of hydrogen-bond acceptors (Lipinski definition) is 2. The molecule has 0 spiro atoms. The summed E-state index contributed by atoms with van der Waals surface area (Å²) in [6.07, 6.45) is 5.52. The van der Waals surface area contributed by atoms with E-state index in [4.69, 9.17) is 11.6 Å². The fourth-order valence-corrected chi connectivity index (χ4v) is 2.04. The summed E-state index contributed by atoms with van der Waals surface area (Å²) in [6.45, 7) is 6.20. The molecule has 0 bridgehead atoms. The fraction of sp³-hybridized carbons (Fsp3) is 0.357. The third-order valence-corrected chi connectivity index (χ3v) is 2.93. The van der Waals surface area contributed by atoms with Crippen LogP contribution in [0.1, 0.15) is 19.4 Å². The molecule has 1 aromatic carbocycles. The zero-order chi connectivity index (χ0) is 13.0. The summed E-state index contributed by atoms with van der Waals surface area (Å²) >= 11 is 6.07. The minimum absolute atomic E-state index is 0.640. The average Bonchev–Trinajstić information content (AvgIpc) is 2.82. The van der Waals surface area contributed by atoms with Gasteiger partial charge in [-0.1, -0.05) is 25.4 Å². The first kappa shape index (κ1) is 13.1. The average molecular weight is 264 g/mol. The lowest BCUT2D eigenvalue weighted by Crippen LogP contribution is -2.19. The molecule has 0 amide bonds. The molecule has 0 radical (unpaired) electrons. The predicted octanol–water partition coefficient (Wildman–Crippen LogP) is 3.27. The second kappa shape index (κ2) is 6.03. The van der Waals surface area contributed by atoms with Crippen LogP contribution in [0.25, 0.3) is 5.69 Å². The van der Waals surface area contributed by atoms with Gasteiger partial charge >= 0.3 is 0 Å². The van der Waals surface area contributed by atoms with Gasteiger partial charge in [0.15, 0.2) is 0 Å². The summed E-state index contributed by atoms with van der Waals surface area (Å²) in [7, 11) is 0. The van der Waals surface area contributed by atoms with E-state index in [-0.39, 0.29) is 0 Å². The van der Waals surface area contributed by atoms with Crippen molar-refractivity contribution in [3.05, 3.63) is 47.5 Å². The van der Waals surface area contributed by atoms with E-state index >= 15 is 0 Å². The summed E-state index contributed by atoms with van der Waals surface area (Å²) in [5.41, 5.74) is 2.30. The highest BCUT2D eigenvalue weighted by atomic mass is 35.5. The van der Waals surface area contributed by atoms with Crippen molar-refractivity contribution >= 4 is 11.6 Å². The standard InChI is InChI=1S/C14H18ClN3/c1-11(2)8-17-9-12-7-13(15)3-4-14(12)18-6-5-16-10-18/h3-7,10-11,17H,8-9H2,1-2H3. The molecule has 2 rings (SSSR count). The van der Waals surface area contributed by atoms with E-state index in [0.717, 1.165) is 23.8 Å². The quantitative estimate of drug-likeness (QED) is 0.897. The Labute approximate surface area is 113 Å². The van der Waals surface area contributed by atoms with Gasteiger partial charge in [-0.05, 0) is 36.2 Å². The molecule has 18 heavy (non-hydrogen) atoms. The maximum Gasteiger partial charge on any atom is 0.0991 e. The van der Waals surface area contributed by atoms with Gasteiger partial charge < -0.3 is 9.88 Å². The minimum atomic E-state index is 0.640. The monoisotopic (exact) mass is 263 g/mol. The molecule has 0 saturated heterocycles. The van der Waals surface area contributed by atoms with E-state index < -0.39 is 0 Å². The highest BCUT2D eigenvalue weighted by Crippen LogP contribution is 2.19. The molecule has 0 atom stereocenters. The first-order valence-electron chi connectivity index (χ1n) is 6.14. The zero-order valence-electron chi connectivity index (χ0n) is 10.7. The number of aromatic nitrogens is 2. The smallest absolute Gasteiger partial charge is 0.0991 e. The maximum atomic E-state index is 6.07. The molecule has 1 N–H and O–H groups in total. The van der Waals surface area contributed by atoms with Gasteiger partial charge in [0, 0.05) is 24.0 Å². The molecule has 0 aliphatic rings. The number of benzene rings is 1. The van der Waals surface area contributed by atoms with E-state index in [2.05, 4.69) is 24.1 Å². The first-order valence-corrected chi connectivity index (χ1v) is 6.52. The third-order valence-electron chi connectivity index (χ3n) is 2.69. The Morgan fingerprint density at radius 1 is 1.39 bits per heavy atom. The largest absolute Gasteiger partial charge is 0.312 e. The lowest BCUT2D eigenvalue weighted by atomic mass is 10.1. The maximum absolute atomic E-state index is 6.07. The molecule has 96 valence electrons. The number of imidazole rings is 1. The van der Waals surface area contributed by atoms with Crippen molar-refractivity contribution in [2.24, 2.45) is 5.92 Å². The number of halogens is 1. The molecule has 0 saturated carbocycles. The molecule has 3 nitrogen and oxygen atoms in total. The van der Waals surface area contributed by atoms with Crippen molar-refractivity contribution in [3.63, 3.8) is 0 Å². The Kier molecular flexibility index (Phi) is 4.39. The van der Waals surface area contributed by atoms with Gasteiger partial charge in [0.05, 0.1) is 12.0 Å². The van der Waals surface area contributed by atoms with Gasteiger partial charge in [0.25, 0.3) is 0 Å². The molecular formula is C14H18ClN3. The van der Waals surface area contributed by atoms with E-state index in [0.29, 0.717) is 5.92 Å². The van der Waals surface area contributed by atoms with Crippen LogP contribution in [0.15, 0.2) is 36.9 Å². The summed E-state index contributed by atoms with van der Waals surface area (Å²) in [5.74, 6) is 0.640. The number of nitrogens with one attached hydrogen (secondary N) is 1. The second-order valence-corrected chi connectivity index (χ2v) is 5.20.